The highest BCUT2D eigenvalue weighted by Crippen LogP contribution is 2.24. The molecule has 110 valence electrons. The van der Waals surface area contributed by atoms with Crippen LogP contribution in [0.15, 0.2) is 35.7 Å². The van der Waals surface area contributed by atoms with Gasteiger partial charge in [0.15, 0.2) is 6.10 Å². The van der Waals surface area contributed by atoms with E-state index in [0.717, 1.165) is 5.56 Å². The van der Waals surface area contributed by atoms with Crippen molar-refractivity contribution in [2.24, 2.45) is 5.14 Å². The number of aryl methyl sites for hydroxylation is 1. The van der Waals surface area contributed by atoms with Gasteiger partial charge in [-0.3, -0.25) is 4.79 Å². The molecular weight excluding hydrogens is 280 g/mol. The highest BCUT2D eigenvalue weighted by Gasteiger charge is 2.20. The van der Waals surface area contributed by atoms with Crippen LogP contribution in [0.3, 0.4) is 0 Å². The van der Waals surface area contributed by atoms with Gasteiger partial charge in [0.05, 0.1) is 0 Å². The molecule has 0 bridgehead atoms. The second kappa shape index (κ2) is 6.53. The maximum Gasteiger partial charge on any atom is 0.261 e. The summed E-state index contributed by atoms with van der Waals surface area (Å²) < 4.78 is 28.4. The maximum atomic E-state index is 11.7. The number of hydrogen-bond donors (Lipinski definition) is 2. The van der Waals surface area contributed by atoms with Crippen molar-refractivity contribution < 1.29 is 17.9 Å². The molecule has 0 fully saturated rings. The van der Waals surface area contributed by atoms with Gasteiger partial charge in [-0.2, -0.15) is 0 Å². The standard InChI is InChI=1S/C13H18N2O4S/c1-4-7-15-13(16)10(3)19-11-6-5-9(2)8-12(11)20(14,17)18/h4-6,8,10H,1,7H2,2-3H3,(H,15,16)(H2,14,17,18). The van der Waals surface area contributed by atoms with Crippen LogP contribution in [0.4, 0.5) is 0 Å². The fraction of sp³-hybridized carbons (Fsp3) is 0.308. The van der Waals surface area contributed by atoms with Gasteiger partial charge in [-0.15, -0.1) is 6.58 Å². The molecule has 0 radical (unpaired) electrons. The first kappa shape index (κ1) is 16.2. The smallest absolute Gasteiger partial charge is 0.261 e. The molecule has 0 aromatic heterocycles. The van der Waals surface area contributed by atoms with Crippen molar-refractivity contribution >= 4 is 15.9 Å². The van der Waals surface area contributed by atoms with Crippen LogP contribution in [0.2, 0.25) is 0 Å². The molecule has 1 aromatic rings. The van der Waals surface area contributed by atoms with E-state index in [2.05, 4.69) is 11.9 Å². The summed E-state index contributed by atoms with van der Waals surface area (Å²) in [6.45, 7) is 7.04. The van der Waals surface area contributed by atoms with Gasteiger partial charge in [-0.25, -0.2) is 13.6 Å². The molecule has 1 amide bonds. The van der Waals surface area contributed by atoms with Crippen LogP contribution >= 0.6 is 0 Å². The van der Waals surface area contributed by atoms with Gasteiger partial charge in [0.1, 0.15) is 10.6 Å². The van der Waals surface area contributed by atoms with Crippen LogP contribution in [-0.2, 0) is 14.8 Å². The van der Waals surface area contributed by atoms with Crippen LogP contribution in [0.5, 0.6) is 5.75 Å². The third-order valence-electron chi connectivity index (χ3n) is 2.50. The van der Waals surface area contributed by atoms with E-state index in [-0.39, 0.29) is 16.6 Å². The largest absolute Gasteiger partial charge is 0.479 e. The molecule has 0 aliphatic carbocycles. The quantitative estimate of drug-likeness (QED) is 0.756. The zero-order valence-electron chi connectivity index (χ0n) is 11.4. The van der Waals surface area contributed by atoms with E-state index in [9.17, 15) is 13.2 Å². The van der Waals surface area contributed by atoms with Crippen molar-refractivity contribution in [2.45, 2.75) is 24.8 Å². The fourth-order valence-corrected chi connectivity index (χ4v) is 2.24. The van der Waals surface area contributed by atoms with Gasteiger partial charge >= 0.3 is 0 Å². The normalized spacial score (nSPS) is 12.6. The molecule has 6 nitrogen and oxygen atoms in total. The summed E-state index contributed by atoms with van der Waals surface area (Å²) in [5, 5.41) is 7.70. The second-order valence-electron chi connectivity index (χ2n) is 4.29. The highest BCUT2D eigenvalue weighted by atomic mass is 32.2. The molecule has 0 saturated heterocycles. The van der Waals surface area contributed by atoms with Crippen molar-refractivity contribution in [1.29, 1.82) is 0 Å². The molecule has 20 heavy (non-hydrogen) atoms. The van der Waals surface area contributed by atoms with Crippen molar-refractivity contribution in [2.75, 3.05) is 6.54 Å². The van der Waals surface area contributed by atoms with E-state index in [1.54, 1.807) is 13.0 Å². The minimum Gasteiger partial charge on any atom is -0.479 e. The zero-order valence-corrected chi connectivity index (χ0v) is 12.2. The number of carbonyl (C=O) groups is 1. The average molecular weight is 298 g/mol. The Morgan fingerprint density at radius 1 is 1.55 bits per heavy atom. The molecule has 1 aromatic carbocycles. The minimum absolute atomic E-state index is 0.0550. The number of amides is 1. The van der Waals surface area contributed by atoms with Gasteiger partial charge < -0.3 is 10.1 Å². The predicted octanol–water partition coefficient (Wildman–Crippen LogP) is 0.712. The number of rotatable bonds is 6. The van der Waals surface area contributed by atoms with Gasteiger partial charge in [0, 0.05) is 6.54 Å². The molecule has 1 rings (SSSR count). The molecule has 0 aliphatic heterocycles. The van der Waals surface area contributed by atoms with Gasteiger partial charge in [-0.1, -0.05) is 12.1 Å². The molecule has 0 aliphatic rings. The van der Waals surface area contributed by atoms with E-state index in [1.165, 1.54) is 25.1 Å². The Balaban J connectivity index is 2.98. The Morgan fingerprint density at radius 2 is 2.20 bits per heavy atom. The maximum absolute atomic E-state index is 11.7. The third-order valence-corrected chi connectivity index (χ3v) is 3.43. The van der Waals surface area contributed by atoms with Crippen LogP contribution in [0.25, 0.3) is 0 Å². The van der Waals surface area contributed by atoms with Crippen molar-refractivity contribution in [3.05, 3.63) is 36.4 Å². The van der Waals surface area contributed by atoms with Gasteiger partial charge in [0.25, 0.3) is 5.91 Å². The zero-order chi connectivity index (χ0) is 15.3. The average Bonchev–Trinajstić information content (AvgIpc) is 2.36. The Kier molecular flexibility index (Phi) is 5.29. The summed E-state index contributed by atoms with van der Waals surface area (Å²) in [5.74, 6) is -0.315. The SMILES string of the molecule is C=CCNC(=O)C(C)Oc1ccc(C)cc1S(N)(=O)=O. The monoisotopic (exact) mass is 298 g/mol. The lowest BCUT2D eigenvalue weighted by Gasteiger charge is -2.16. The molecule has 0 saturated carbocycles. The van der Waals surface area contributed by atoms with Crippen molar-refractivity contribution in [3.63, 3.8) is 0 Å². The number of benzene rings is 1. The molecular formula is C13H18N2O4S. The summed E-state index contributed by atoms with van der Waals surface area (Å²) in [5.41, 5.74) is 0.727. The van der Waals surface area contributed by atoms with Crippen LogP contribution in [0, 0.1) is 6.92 Å². The molecule has 1 atom stereocenters. The molecule has 0 spiro atoms. The van der Waals surface area contributed by atoms with E-state index < -0.39 is 16.1 Å². The van der Waals surface area contributed by atoms with Gasteiger partial charge in [-0.05, 0) is 31.5 Å². The Bertz CT molecular complexity index is 611. The first-order chi connectivity index (χ1) is 9.25. The van der Waals surface area contributed by atoms with Crippen LogP contribution in [0.1, 0.15) is 12.5 Å². The topological polar surface area (TPSA) is 98.5 Å². The summed E-state index contributed by atoms with van der Waals surface area (Å²) in [4.78, 5) is 11.5. The number of ether oxygens (including phenoxy) is 1. The third kappa shape index (κ3) is 4.36. The molecule has 3 N–H and O–H groups in total. The fourth-order valence-electron chi connectivity index (χ4n) is 1.50. The van der Waals surface area contributed by atoms with Crippen molar-refractivity contribution in [1.82, 2.24) is 5.32 Å². The second-order valence-corrected chi connectivity index (χ2v) is 5.82. The number of carbonyl (C=O) groups excluding carboxylic acids is 1. The highest BCUT2D eigenvalue weighted by molar-refractivity contribution is 7.89. The first-order valence-corrected chi connectivity index (χ1v) is 7.49. The Morgan fingerprint density at radius 3 is 2.75 bits per heavy atom. The van der Waals surface area contributed by atoms with Gasteiger partial charge in [0.2, 0.25) is 10.0 Å². The predicted molar refractivity (Wildman–Crippen MR) is 75.8 cm³/mol. The number of primary sulfonamides is 1. The summed E-state index contributed by atoms with van der Waals surface area (Å²) >= 11 is 0. The molecule has 7 heteroatoms. The number of hydrogen-bond acceptors (Lipinski definition) is 4. The van der Waals surface area contributed by atoms with E-state index in [0.29, 0.717) is 6.54 Å². The van der Waals surface area contributed by atoms with Crippen molar-refractivity contribution in [3.8, 4) is 5.75 Å². The molecule has 1 unspecified atom stereocenters. The Labute approximate surface area is 118 Å². The van der Waals surface area contributed by atoms with E-state index >= 15 is 0 Å². The minimum atomic E-state index is -3.92. The lowest BCUT2D eigenvalue weighted by molar-refractivity contribution is -0.127. The lowest BCUT2D eigenvalue weighted by atomic mass is 10.2. The number of nitrogens with two attached hydrogens (primary N) is 1. The lowest BCUT2D eigenvalue weighted by Crippen LogP contribution is -2.36. The molecule has 0 heterocycles. The summed E-state index contributed by atoms with van der Waals surface area (Å²) in [7, 11) is -3.92. The van der Waals surface area contributed by atoms with Crippen LogP contribution < -0.4 is 15.2 Å². The Hall–Kier alpha value is -1.86. The summed E-state index contributed by atoms with van der Waals surface area (Å²) in [6.07, 6.45) is 0.685. The van der Waals surface area contributed by atoms with Crippen LogP contribution in [-0.4, -0.2) is 27.0 Å². The summed E-state index contributed by atoms with van der Waals surface area (Å²) in [6, 6.07) is 4.56. The van der Waals surface area contributed by atoms with E-state index in [1.807, 2.05) is 0 Å². The number of sulfonamides is 1. The first-order valence-electron chi connectivity index (χ1n) is 5.94. The number of nitrogens with one attached hydrogen (secondary N) is 1. The van der Waals surface area contributed by atoms with E-state index in [4.69, 9.17) is 9.88 Å².